The molecule has 0 fully saturated rings. The van der Waals surface area contributed by atoms with Crippen molar-refractivity contribution in [3.63, 3.8) is 0 Å². The van der Waals surface area contributed by atoms with Crippen molar-refractivity contribution in [2.75, 3.05) is 0 Å². The van der Waals surface area contributed by atoms with Gasteiger partial charge in [0.25, 0.3) is 0 Å². The Morgan fingerprint density at radius 3 is 1.89 bits per heavy atom. The maximum atomic E-state index is 4.40. The second-order valence-corrected chi connectivity index (χ2v) is 4.24. The molecule has 0 aliphatic carbocycles. The summed E-state index contributed by atoms with van der Waals surface area (Å²) < 4.78 is 0. The first-order valence-electron chi connectivity index (χ1n) is 3.48. The van der Waals surface area contributed by atoms with Crippen LogP contribution in [-0.4, -0.2) is 11.8 Å². The highest BCUT2D eigenvalue weighted by Gasteiger charge is 2.32. The molecular formula is C8H15N. The number of rotatable bonds is 0. The first kappa shape index (κ1) is 6.79. The first-order chi connectivity index (χ1) is 3.91. The average molecular weight is 125 g/mol. The third-order valence-electron chi connectivity index (χ3n) is 1.65. The third kappa shape index (κ3) is 1.54. The van der Waals surface area contributed by atoms with Gasteiger partial charge in [0.05, 0.1) is 5.54 Å². The van der Waals surface area contributed by atoms with Crippen LogP contribution in [0.25, 0.3) is 0 Å². The molecule has 1 aliphatic heterocycles. The van der Waals surface area contributed by atoms with Crippen LogP contribution in [0.1, 0.15) is 34.1 Å². The maximum absolute atomic E-state index is 4.40. The van der Waals surface area contributed by atoms with Crippen LogP contribution in [0.5, 0.6) is 0 Å². The van der Waals surface area contributed by atoms with E-state index in [9.17, 15) is 0 Å². The minimum absolute atomic E-state index is 0.198. The quantitative estimate of drug-likeness (QED) is 0.471. The molecule has 52 valence electrons. The molecule has 9 heavy (non-hydrogen) atoms. The summed E-state index contributed by atoms with van der Waals surface area (Å²) in [6, 6.07) is 0. The predicted molar refractivity (Wildman–Crippen MR) is 41.0 cm³/mol. The largest absolute Gasteiger partial charge is 0.291 e. The molecule has 1 heteroatoms. The topological polar surface area (TPSA) is 12.4 Å². The Hall–Kier alpha value is -0.330. The number of aliphatic imine (C=N–C) groups is 1. The van der Waals surface area contributed by atoms with Crippen molar-refractivity contribution in [1.82, 2.24) is 0 Å². The average Bonchev–Trinajstić information content (AvgIpc) is 1.78. The summed E-state index contributed by atoms with van der Waals surface area (Å²) in [7, 11) is 0. The smallest absolute Gasteiger partial charge is 0.0557 e. The summed E-state index contributed by atoms with van der Waals surface area (Å²) >= 11 is 0. The molecule has 1 aliphatic rings. The van der Waals surface area contributed by atoms with E-state index in [2.05, 4.69) is 38.9 Å². The SMILES string of the molecule is CC1(C)C=NC(C)(C)C1. The van der Waals surface area contributed by atoms with Crippen molar-refractivity contribution in [2.24, 2.45) is 10.4 Å². The molecule has 0 N–H and O–H groups in total. The zero-order valence-corrected chi connectivity index (χ0v) is 6.73. The van der Waals surface area contributed by atoms with Gasteiger partial charge in [-0.1, -0.05) is 13.8 Å². The van der Waals surface area contributed by atoms with Crippen molar-refractivity contribution in [2.45, 2.75) is 39.7 Å². The van der Waals surface area contributed by atoms with Crippen molar-refractivity contribution in [1.29, 1.82) is 0 Å². The highest BCUT2D eigenvalue weighted by molar-refractivity contribution is 5.68. The predicted octanol–water partition coefficient (Wildman–Crippen LogP) is 2.27. The standard InChI is InChI=1S/C8H15N/c1-7(2)5-8(3,4)9-6-7/h6H,5H2,1-4H3. The van der Waals surface area contributed by atoms with Crippen molar-refractivity contribution >= 4 is 6.21 Å². The van der Waals surface area contributed by atoms with Crippen LogP contribution in [0.3, 0.4) is 0 Å². The number of hydrogen-bond donors (Lipinski definition) is 0. The normalized spacial score (nSPS) is 28.9. The van der Waals surface area contributed by atoms with Gasteiger partial charge >= 0.3 is 0 Å². The van der Waals surface area contributed by atoms with E-state index in [1.165, 1.54) is 6.42 Å². The second-order valence-electron chi connectivity index (χ2n) is 4.24. The molecule has 0 amide bonds. The van der Waals surface area contributed by atoms with E-state index in [0.29, 0.717) is 5.41 Å². The van der Waals surface area contributed by atoms with Gasteiger partial charge in [-0.2, -0.15) is 0 Å². The van der Waals surface area contributed by atoms with Crippen LogP contribution in [0, 0.1) is 5.41 Å². The Kier molecular flexibility index (Phi) is 1.20. The Labute approximate surface area is 57.2 Å². The van der Waals surface area contributed by atoms with Gasteiger partial charge in [-0.25, -0.2) is 0 Å². The summed E-state index contributed by atoms with van der Waals surface area (Å²) in [5.74, 6) is 0. The van der Waals surface area contributed by atoms with Gasteiger partial charge < -0.3 is 0 Å². The molecule has 0 spiro atoms. The molecular weight excluding hydrogens is 110 g/mol. The molecule has 0 aromatic rings. The number of hydrogen-bond acceptors (Lipinski definition) is 1. The van der Waals surface area contributed by atoms with Crippen molar-refractivity contribution in [3.8, 4) is 0 Å². The molecule has 0 saturated carbocycles. The number of nitrogens with zero attached hydrogens (tertiary/aromatic N) is 1. The van der Waals surface area contributed by atoms with Gasteiger partial charge in [0.15, 0.2) is 0 Å². The zero-order chi connectivity index (χ0) is 7.12. The van der Waals surface area contributed by atoms with Crippen molar-refractivity contribution in [3.05, 3.63) is 0 Å². The van der Waals surface area contributed by atoms with E-state index in [4.69, 9.17) is 0 Å². The lowest BCUT2D eigenvalue weighted by Gasteiger charge is -2.19. The van der Waals surface area contributed by atoms with Gasteiger partial charge in [0.2, 0.25) is 0 Å². The second kappa shape index (κ2) is 1.59. The summed E-state index contributed by atoms with van der Waals surface area (Å²) in [5, 5.41) is 0. The molecule has 0 radical (unpaired) electrons. The lowest BCUT2D eigenvalue weighted by molar-refractivity contribution is 0.394. The molecule has 0 bridgehead atoms. The van der Waals surface area contributed by atoms with Crippen LogP contribution < -0.4 is 0 Å². The van der Waals surface area contributed by atoms with E-state index < -0.39 is 0 Å². The lowest BCUT2D eigenvalue weighted by Crippen LogP contribution is -2.18. The molecule has 0 aromatic carbocycles. The fourth-order valence-electron chi connectivity index (χ4n) is 1.56. The van der Waals surface area contributed by atoms with Crippen LogP contribution in [0.15, 0.2) is 4.99 Å². The summed E-state index contributed by atoms with van der Waals surface area (Å²) in [6.07, 6.45) is 3.26. The third-order valence-corrected chi connectivity index (χ3v) is 1.65. The molecule has 1 heterocycles. The molecule has 0 aromatic heterocycles. The van der Waals surface area contributed by atoms with E-state index in [1.807, 2.05) is 0 Å². The molecule has 1 rings (SSSR count). The Morgan fingerprint density at radius 2 is 1.78 bits per heavy atom. The highest BCUT2D eigenvalue weighted by atomic mass is 14.9. The van der Waals surface area contributed by atoms with Gasteiger partial charge in [-0.3, -0.25) is 4.99 Å². The van der Waals surface area contributed by atoms with Gasteiger partial charge in [0.1, 0.15) is 0 Å². The molecule has 0 unspecified atom stereocenters. The summed E-state index contributed by atoms with van der Waals surface area (Å²) in [4.78, 5) is 4.40. The van der Waals surface area contributed by atoms with Crippen LogP contribution in [0.2, 0.25) is 0 Å². The van der Waals surface area contributed by atoms with Gasteiger partial charge in [-0.15, -0.1) is 0 Å². The molecule has 1 nitrogen and oxygen atoms in total. The van der Waals surface area contributed by atoms with Crippen LogP contribution in [-0.2, 0) is 0 Å². The van der Waals surface area contributed by atoms with E-state index in [1.54, 1.807) is 0 Å². The zero-order valence-electron chi connectivity index (χ0n) is 6.73. The Bertz CT molecular complexity index is 127. The van der Waals surface area contributed by atoms with Gasteiger partial charge in [0, 0.05) is 11.6 Å². The monoisotopic (exact) mass is 125 g/mol. The maximum Gasteiger partial charge on any atom is 0.0557 e. The lowest BCUT2D eigenvalue weighted by atomic mass is 9.85. The fraction of sp³-hybridized carbons (Fsp3) is 0.875. The Balaban J connectivity index is 2.71. The first-order valence-corrected chi connectivity index (χ1v) is 3.48. The Morgan fingerprint density at radius 1 is 1.22 bits per heavy atom. The van der Waals surface area contributed by atoms with Crippen molar-refractivity contribution < 1.29 is 0 Å². The van der Waals surface area contributed by atoms with Crippen LogP contribution in [0.4, 0.5) is 0 Å². The summed E-state index contributed by atoms with van der Waals surface area (Å²) in [5.41, 5.74) is 0.535. The van der Waals surface area contributed by atoms with E-state index in [0.717, 1.165) is 0 Å². The van der Waals surface area contributed by atoms with E-state index in [-0.39, 0.29) is 5.54 Å². The molecule has 0 saturated heterocycles. The van der Waals surface area contributed by atoms with E-state index >= 15 is 0 Å². The van der Waals surface area contributed by atoms with Gasteiger partial charge in [-0.05, 0) is 20.3 Å². The summed E-state index contributed by atoms with van der Waals surface area (Å²) in [6.45, 7) is 8.81. The highest BCUT2D eigenvalue weighted by Crippen LogP contribution is 2.34. The molecule has 0 atom stereocenters. The minimum atomic E-state index is 0.198. The van der Waals surface area contributed by atoms with Crippen LogP contribution >= 0.6 is 0 Å². The minimum Gasteiger partial charge on any atom is -0.291 e. The fourth-order valence-corrected chi connectivity index (χ4v) is 1.56.